The van der Waals surface area contributed by atoms with Crippen molar-refractivity contribution in [3.05, 3.63) is 118 Å². The second-order valence-electron chi connectivity index (χ2n) is 10.9. The van der Waals surface area contributed by atoms with Crippen molar-refractivity contribution in [1.82, 2.24) is 10.6 Å². The van der Waals surface area contributed by atoms with E-state index in [0.29, 0.717) is 58.4 Å². The zero-order valence-electron chi connectivity index (χ0n) is 23.1. The lowest BCUT2D eigenvalue weighted by molar-refractivity contribution is 0.0469. The summed E-state index contributed by atoms with van der Waals surface area (Å²) in [5, 5.41) is 10.7. The first-order chi connectivity index (χ1) is 21.0. The maximum Gasteiger partial charge on any atom is 0.339 e. The number of benzene rings is 3. The fourth-order valence-corrected chi connectivity index (χ4v) is 6.20. The number of nitrogens with one attached hydrogen (secondary N) is 3. The maximum atomic E-state index is 14.1. The van der Waals surface area contributed by atoms with Gasteiger partial charge in [-0.15, -0.1) is 0 Å². The van der Waals surface area contributed by atoms with E-state index >= 15 is 0 Å². The van der Waals surface area contributed by atoms with E-state index in [-0.39, 0.29) is 24.2 Å². The van der Waals surface area contributed by atoms with Crippen LogP contribution in [0.5, 0.6) is 0 Å². The van der Waals surface area contributed by atoms with Crippen molar-refractivity contribution < 1.29 is 23.5 Å². The van der Waals surface area contributed by atoms with Gasteiger partial charge in [-0.3, -0.25) is 4.79 Å². The topological polar surface area (TPSA) is 136 Å². The van der Waals surface area contributed by atoms with Crippen LogP contribution in [0.1, 0.15) is 55.0 Å². The summed E-state index contributed by atoms with van der Waals surface area (Å²) in [4.78, 5) is 38.2. The number of anilines is 1. The summed E-state index contributed by atoms with van der Waals surface area (Å²) in [5.41, 5.74) is 11.5. The average Bonchev–Trinajstić information content (AvgIpc) is 3.84. The van der Waals surface area contributed by atoms with Gasteiger partial charge < -0.3 is 30.8 Å². The number of fused-ring (bicyclic) bond motifs is 2. The van der Waals surface area contributed by atoms with E-state index in [1.807, 2.05) is 85.1 Å². The summed E-state index contributed by atoms with van der Waals surface area (Å²) < 4.78 is 12.2. The third kappa shape index (κ3) is 4.66. The predicted octanol–water partition coefficient (Wildman–Crippen LogP) is 4.64. The van der Waals surface area contributed by atoms with Crippen LogP contribution in [0.25, 0.3) is 22.1 Å². The standard InChI is InChI=1S/C34H28N4O5/c35-33(40)32-26-14-25(21-8-10-36-15-21)30(34(41)42-18-19-4-2-1-3-5-19)28(22-9-11-37-16-22)29(26)31(43-32)20-6-7-27-23(12-20)13-24(17-39)38-27/h1-12,14,21-22,36-38H,13,15-16,18H2,(H2,35,40). The van der Waals surface area contributed by atoms with Gasteiger partial charge in [0.1, 0.15) is 24.0 Å². The highest BCUT2D eigenvalue weighted by molar-refractivity contribution is 6.13. The highest BCUT2D eigenvalue weighted by Crippen LogP contribution is 2.45. The lowest BCUT2D eigenvalue weighted by Gasteiger charge is -2.22. The first kappa shape index (κ1) is 26.4. The third-order valence-electron chi connectivity index (χ3n) is 8.19. The highest BCUT2D eigenvalue weighted by Gasteiger charge is 2.34. The molecule has 2 unspecified atom stereocenters. The molecule has 2 atom stereocenters. The SMILES string of the molecule is NC(=O)c1oc(-c2ccc3c(c2)CC(=C=O)N3)c2c(C3C=CNC3)c(C(=O)OCc3ccccc3)c(C3C=CNC3)cc12. The summed E-state index contributed by atoms with van der Waals surface area (Å²) in [6, 6.07) is 17.0. The van der Waals surface area contributed by atoms with Gasteiger partial charge in [-0.05, 0) is 58.9 Å². The molecule has 4 aromatic rings. The van der Waals surface area contributed by atoms with Gasteiger partial charge in [0.05, 0.1) is 5.56 Å². The first-order valence-corrected chi connectivity index (χ1v) is 14.1. The summed E-state index contributed by atoms with van der Waals surface area (Å²) in [5.74, 6) is 0.871. The Bertz CT molecular complexity index is 1900. The van der Waals surface area contributed by atoms with Gasteiger partial charge in [0.2, 0.25) is 0 Å². The number of hydrogen-bond donors (Lipinski definition) is 4. The average molecular weight is 573 g/mol. The van der Waals surface area contributed by atoms with Gasteiger partial charge in [0.25, 0.3) is 5.91 Å². The molecular formula is C34H28N4O5. The van der Waals surface area contributed by atoms with Crippen molar-refractivity contribution in [2.24, 2.45) is 5.73 Å². The summed E-state index contributed by atoms with van der Waals surface area (Å²) in [7, 11) is 0. The van der Waals surface area contributed by atoms with E-state index in [1.54, 1.807) is 0 Å². The van der Waals surface area contributed by atoms with E-state index in [9.17, 15) is 14.4 Å². The van der Waals surface area contributed by atoms with Crippen molar-refractivity contribution in [1.29, 1.82) is 0 Å². The molecule has 214 valence electrons. The Labute approximate surface area is 247 Å². The molecule has 1 amide bonds. The predicted molar refractivity (Wildman–Crippen MR) is 162 cm³/mol. The van der Waals surface area contributed by atoms with Crippen LogP contribution in [0.15, 0.2) is 89.3 Å². The van der Waals surface area contributed by atoms with Crippen LogP contribution < -0.4 is 21.7 Å². The molecule has 0 saturated carbocycles. The number of carbonyl (C=O) groups excluding carboxylic acids is 3. The van der Waals surface area contributed by atoms with Gasteiger partial charge in [0, 0.05) is 53.4 Å². The Balaban J connectivity index is 1.48. The number of primary amides is 1. The molecule has 0 radical (unpaired) electrons. The van der Waals surface area contributed by atoms with E-state index in [1.165, 1.54) is 0 Å². The van der Waals surface area contributed by atoms with Crippen LogP contribution in [0.4, 0.5) is 5.69 Å². The largest absolute Gasteiger partial charge is 0.457 e. The van der Waals surface area contributed by atoms with Gasteiger partial charge in [-0.25, -0.2) is 9.59 Å². The molecular weight excluding hydrogens is 544 g/mol. The van der Waals surface area contributed by atoms with Gasteiger partial charge in [-0.1, -0.05) is 42.5 Å². The number of carbonyl (C=O) groups is 2. The molecule has 3 aliphatic rings. The lowest BCUT2D eigenvalue weighted by atomic mass is 9.82. The molecule has 9 nitrogen and oxygen atoms in total. The van der Waals surface area contributed by atoms with Gasteiger partial charge >= 0.3 is 5.97 Å². The third-order valence-corrected chi connectivity index (χ3v) is 8.19. The summed E-state index contributed by atoms with van der Waals surface area (Å²) in [6.07, 6.45) is 8.13. The van der Waals surface area contributed by atoms with Crippen molar-refractivity contribution >= 4 is 34.3 Å². The molecule has 3 aromatic carbocycles. The molecule has 7 rings (SSSR count). The zero-order chi connectivity index (χ0) is 29.5. The number of esters is 1. The molecule has 9 heteroatoms. The van der Waals surface area contributed by atoms with Crippen molar-refractivity contribution in [3.8, 4) is 11.3 Å². The Hall–Kier alpha value is -5.53. The van der Waals surface area contributed by atoms with Gasteiger partial charge in [0.15, 0.2) is 5.76 Å². The molecule has 5 N–H and O–H groups in total. The van der Waals surface area contributed by atoms with E-state index < -0.39 is 11.9 Å². The van der Waals surface area contributed by atoms with Crippen LogP contribution >= 0.6 is 0 Å². The molecule has 0 spiro atoms. The molecule has 0 aliphatic carbocycles. The number of rotatable bonds is 7. The normalized spacial score (nSPS) is 18.2. The van der Waals surface area contributed by atoms with Crippen LogP contribution in [0, 0.1) is 0 Å². The number of amides is 1. The highest BCUT2D eigenvalue weighted by atomic mass is 16.5. The summed E-state index contributed by atoms with van der Waals surface area (Å²) in [6.45, 7) is 1.25. The maximum absolute atomic E-state index is 14.1. The monoisotopic (exact) mass is 572 g/mol. The minimum absolute atomic E-state index is 0.0219. The second kappa shape index (κ2) is 10.7. The molecule has 0 bridgehead atoms. The van der Waals surface area contributed by atoms with Crippen LogP contribution in [-0.4, -0.2) is 30.9 Å². The first-order valence-electron chi connectivity index (χ1n) is 14.1. The smallest absolute Gasteiger partial charge is 0.339 e. The van der Waals surface area contributed by atoms with Crippen LogP contribution in [-0.2, 0) is 22.6 Å². The number of hydrogen-bond acceptors (Lipinski definition) is 8. The second-order valence-corrected chi connectivity index (χ2v) is 10.9. The molecule has 0 saturated heterocycles. The molecule has 3 aliphatic heterocycles. The zero-order valence-corrected chi connectivity index (χ0v) is 23.1. The fourth-order valence-electron chi connectivity index (χ4n) is 6.20. The Morgan fingerprint density at radius 1 is 1.00 bits per heavy atom. The minimum atomic E-state index is -0.707. The Morgan fingerprint density at radius 2 is 1.77 bits per heavy atom. The quantitative estimate of drug-likeness (QED) is 0.186. The number of ether oxygens (including phenoxy) is 1. The van der Waals surface area contributed by atoms with Crippen molar-refractivity contribution in [2.75, 3.05) is 18.4 Å². The van der Waals surface area contributed by atoms with Crippen molar-refractivity contribution in [3.63, 3.8) is 0 Å². The van der Waals surface area contributed by atoms with Gasteiger partial charge in [-0.2, -0.15) is 0 Å². The van der Waals surface area contributed by atoms with E-state index in [2.05, 4.69) is 16.0 Å². The molecule has 1 aromatic heterocycles. The minimum Gasteiger partial charge on any atom is -0.457 e. The molecule has 4 heterocycles. The molecule has 43 heavy (non-hydrogen) atoms. The lowest BCUT2D eigenvalue weighted by Crippen LogP contribution is -2.19. The van der Waals surface area contributed by atoms with Crippen molar-refractivity contribution in [2.45, 2.75) is 24.9 Å². The fraction of sp³-hybridized carbons (Fsp3) is 0.176. The van der Waals surface area contributed by atoms with Crippen LogP contribution in [0.2, 0.25) is 0 Å². The Morgan fingerprint density at radius 3 is 2.47 bits per heavy atom. The van der Waals surface area contributed by atoms with E-state index in [0.717, 1.165) is 22.4 Å². The van der Waals surface area contributed by atoms with E-state index in [4.69, 9.17) is 14.9 Å². The number of allylic oxidation sites excluding steroid dienone is 1. The Kier molecular flexibility index (Phi) is 6.57. The van der Waals surface area contributed by atoms with Crippen LogP contribution in [0.3, 0.4) is 0 Å². The number of nitrogens with two attached hydrogens (primary N) is 1. The molecule has 0 fully saturated rings. The summed E-state index contributed by atoms with van der Waals surface area (Å²) >= 11 is 0. The number of furan rings is 1.